The lowest BCUT2D eigenvalue weighted by molar-refractivity contribution is -0.267. The molecule has 0 aromatic heterocycles. The summed E-state index contributed by atoms with van der Waals surface area (Å²) in [5.74, 6) is -1.08. The van der Waals surface area contributed by atoms with Gasteiger partial charge >= 0.3 is 0 Å². The second-order valence-corrected chi connectivity index (χ2v) is 3.05. The summed E-state index contributed by atoms with van der Waals surface area (Å²) >= 11 is 0. The predicted octanol–water partition coefficient (Wildman–Crippen LogP) is 0.0133. The van der Waals surface area contributed by atoms with Gasteiger partial charge in [0.2, 0.25) is 5.91 Å². The summed E-state index contributed by atoms with van der Waals surface area (Å²) < 4.78 is 10.5. The number of hydrogen-bond donors (Lipinski definition) is 1. The Kier molecular flexibility index (Phi) is 2.15. The minimum atomic E-state index is -0.669. The number of rotatable bonds is 1. The molecule has 0 bridgehead atoms. The Bertz CT molecular complexity index is 167. The highest BCUT2D eigenvalue weighted by molar-refractivity contribution is 5.78. The Hall–Kier alpha value is -0.610. The number of carbonyl (C=O) groups excluding carboxylic acids is 1. The number of primary amides is 1. The summed E-state index contributed by atoms with van der Waals surface area (Å²) in [6.07, 6.45) is 0.0671. The van der Waals surface area contributed by atoms with Crippen LogP contribution >= 0.6 is 0 Å². The number of ether oxygens (including phenoxy) is 2. The van der Waals surface area contributed by atoms with Crippen molar-refractivity contribution in [2.24, 2.45) is 5.73 Å². The van der Waals surface area contributed by atoms with Gasteiger partial charge in [-0.05, 0) is 13.8 Å². The van der Waals surface area contributed by atoms with Gasteiger partial charge in [-0.2, -0.15) is 0 Å². The summed E-state index contributed by atoms with van der Waals surface area (Å²) in [7, 11) is 0. The van der Waals surface area contributed by atoms with E-state index in [2.05, 4.69) is 0 Å². The Balaban J connectivity index is 2.53. The molecule has 1 amide bonds. The Morgan fingerprint density at radius 2 is 2.27 bits per heavy atom. The van der Waals surface area contributed by atoms with Crippen molar-refractivity contribution in [2.75, 3.05) is 6.61 Å². The molecule has 0 aliphatic carbocycles. The summed E-state index contributed by atoms with van der Waals surface area (Å²) in [6, 6.07) is 0. The SMILES string of the molecule is CC1(C)OCCC(C(N)=O)O1. The molecule has 1 aliphatic heterocycles. The van der Waals surface area contributed by atoms with Crippen LogP contribution < -0.4 is 5.73 Å². The first-order valence-electron chi connectivity index (χ1n) is 3.62. The molecule has 0 spiro atoms. The third-order valence-electron chi connectivity index (χ3n) is 1.57. The lowest BCUT2D eigenvalue weighted by atomic mass is 10.2. The average Bonchev–Trinajstić information content (AvgIpc) is 1.85. The van der Waals surface area contributed by atoms with Crippen LogP contribution in [0.2, 0.25) is 0 Å². The molecule has 1 fully saturated rings. The summed E-state index contributed by atoms with van der Waals surface area (Å²) in [4.78, 5) is 10.7. The maximum absolute atomic E-state index is 10.7. The van der Waals surface area contributed by atoms with E-state index in [-0.39, 0.29) is 0 Å². The molecule has 64 valence electrons. The molecule has 4 heteroatoms. The first kappa shape index (κ1) is 8.49. The molecule has 1 rings (SSSR count). The fourth-order valence-electron chi connectivity index (χ4n) is 1.05. The van der Waals surface area contributed by atoms with Crippen LogP contribution in [-0.2, 0) is 14.3 Å². The topological polar surface area (TPSA) is 61.5 Å². The molecule has 1 unspecified atom stereocenters. The quantitative estimate of drug-likeness (QED) is 0.586. The summed E-state index contributed by atoms with van der Waals surface area (Å²) in [5, 5.41) is 0. The van der Waals surface area contributed by atoms with Crippen molar-refractivity contribution in [1.82, 2.24) is 0 Å². The van der Waals surface area contributed by atoms with Crippen LogP contribution in [0.5, 0.6) is 0 Å². The van der Waals surface area contributed by atoms with E-state index >= 15 is 0 Å². The first-order valence-corrected chi connectivity index (χ1v) is 3.62. The minimum absolute atomic E-state index is 0.415. The van der Waals surface area contributed by atoms with Crippen LogP contribution in [-0.4, -0.2) is 24.4 Å². The molecular weight excluding hydrogens is 146 g/mol. The van der Waals surface area contributed by atoms with Crippen molar-refractivity contribution < 1.29 is 14.3 Å². The second kappa shape index (κ2) is 2.79. The van der Waals surface area contributed by atoms with Crippen LogP contribution in [0.3, 0.4) is 0 Å². The van der Waals surface area contributed by atoms with Crippen LogP contribution in [0, 0.1) is 0 Å². The zero-order chi connectivity index (χ0) is 8.48. The van der Waals surface area contributed by atoms with E-state index in [1.807, 2.05) is 0 Å². The van der Waals surface area contributed by atoms with Gasteiger partial charge in [0, 0.05) is 6.42 Å². The highest BCUT2D eigenvalue weighted by atomic mass is 16.7. The molecule has 2 N–H and O–H groups in total. The van der Waals surface area contributed by atoms with E-state index in [9.17, 15) is 4.79 Å². The first-order chi connectivity index (χ1) is 5.01. The van der Waals surface area contributed by atoms with Gasteiger partial charge in [-0.1, -0.05) is 0 Å². The van der Waals surface area contributed by atoms with E-state index < -0.39 is 17.8 Å². The number of amides is 1. The average molecular weight is 159 g/mol. The molecule has 0 aromatic carbocycles. The fourth-order valence-corrected chi connectivity index (χ4v) is 1.05. The monoisotopic (exact) mass is 159 g/mol. The van der Waals surface area contributed by atoms with E-state index in [4.69, 9.17) is 15.2 Å². The van der Waals surface area contributed by atoms with Gasteiger partial charge in [0.1, 0.15) is 6.10 Å². The second-order valence-electron chi connectivity index (χ2n) is 3.05. The highest BCUT2D eigenvalue weighted by Crippen LogP contribution is 2.21. The third-order valence-corrected chi connectivity index (χ3v) is 1.57. The number of nitrogens with two attached hydrogens (primary N) is 1. The van der Waals surface area contributed by atoms with Crippen molar-refractivity contribution in [2.45, 2.75) is 32.2 Å². The molecule has 0 aromatic rings. The Morgan fingerprint density at radius 1 is 1.64 bits per heavy atom. The molecule has 0 saturated carbocycles. The maximum atomic E-state index is 10.7. The van der Waals surface area contributed by atoms with Gasteiger partial charge in [0.25, 0.3) is 0 Å². The van der Waals surface area contributed by atoms with E-state index in [0.717, 1.165) is 0 Å². The largest absolute Gasteiger partial charge is 0.367 e. The highest BCUT2D eigenvalue weighted by Gasteiger charge is 2.32. The van der Waals surface area contributed by atoms with Crippen LogP contribution in [0.1, 0.15) is 20.3 Å². The smallest absolute Gasteiger partial charge is 0.246 e. The molecule has 1 heterocycles. The summed E-state index contributed by atoms with van der Waals surface area (Å²) in [6.45, 7) is 4.06. The standard InChI is InChI=1S/C7H13NO3/c1-7(2)10-4-3-5(11-7)6(8)9/h5H,3-4H2,1-2H3,(H2,8,9). The summed E-state index contributed by atoms with van der Waals surface area (Å²) in [5.41, 5.74) is 5.07. The van der Waals surface area contributed by atoms with Gasteiger partial charge in [0.15, 0.2) is 5.79 Å². The van der Waals surface area contributed by atoms with Crippen LogP contribution in [0.25, 0.3) is 0 Å². The zero-order valence-corrected chi connectivity index (χ0v) is 6.79. The minimum Gasteiger partial charge on any atom is -0.367 e. The predicted molar refractivity (Wildman–Crippen MR) is 38.7 cm³/mol. The lowest BCUT2D eigenvalue weighted by Crippen LogP contribution is -2.45. The van der Waals surface area contributed by atoms with Crippen molar-refractivity contribution in [1.29, 1.82) is 0 Å². The molecule has 11 heavy (non-hydrogen) atoms. The molecule has 4 nitrogen and oxygen atoms in total. The van der Waals surface area contributed by atoms with Crippen molar-refractivity contribution in [3.63, 3.8) is 0 Å². The van der Waals surface area contributed by atoms with Gasteiger partial charge < -0.3 is 15.2 Å². The Labute approximate surface area is 65.7 Å². The van der Waals surface area contributed by atoms with Gasteiger partial charge in [-0.15, -0.1) is 0 Å². The van der Waals surface area contributed by atoms with Crippen molar-refractivity contribution in [3.8, 4) is 0 Å². The van der Waals surface area contributed by atoms with Crippen molar-refractivity contribution in [3.05, 3.63) is 0 Å². The van der Waals surface area contributed by atoms with E-state index in [1.54, 1.807) is 13.8 Å². The number of hydrogen-bond acceptors (Lipinski definition) is 3. The van der Waals surface area contributed by atoms with Gasteiger partial charge in [-0.3, -0.25) is 4.79 Å². The van der Waals surface area contributed by atoms with Gasteiger partial charge in [-0.25, -0.2) is 0 Å². The van der Waals surface area contributed by atoms with Crippen molar-refractivity contribution >= 4 is 5.91 Å². The van der Waals surface area contributed by atoms with Crippen LogP contribution in [0.15, 0.2) is 0 Å². The zero-order valence-electron chi connectivity index (χ0n) is 6.79. The fraction of sp³-hybridized carbons (Fsp3) is 0.857. The Morgan fingerprint density at radius 3 is 2.64 bits per heavy atom. The lowest BCUT2D eigenvalue weighted by Gasteiger charge is -2.34. The normalized spacial score (nSPS) is 29.8. The van der Waals surface area contributed by atoms with Gasteiger partial charge in [0.05, 0.1) is 6.61 Å². The third kappa shape index (κ3) is 2.17. The molecule has 0 radical (unpaired) electrons. The van der Waals surface area contributed by atoms with E-state index in [0.29, 0.717) is 13.0 Å². The molecular formula is C7H13NO3. The molecule has 1 atom stereocenters. The molecule has 1 aliphatic rings. The maximum Gasteiger partial charge on any atom is 0.246 e. The van der Waals surface area contributed by atoms with Crippen LogP contribution in [0.4, 0.5) is 0 Å². The van der Waals surface area contributed by atoms with E-state index in [1.165, 1.54) is 0 Å². The number of carbonyl (C=O) groups is 1. The molecule has 1 saturated heterocycles.